The first-order chi connectivity index (χ1) is 7.71. The highest BCUT2D eigenvalue weighted by molar-refractivity contribution is 5.98. The van der Waals surface area contributed by atoms with E-state index in [-0.39, 0.29) is 6.54 Å². The Morgan fingerprint density at radius 3 is 2.35 bits per heavy atom. The van der Waals surface area contributed by atoms with E-state index in [1.54, 1.807) is 14.1 Å². The van der Waals surface area contributed by atoms with Crippen molar-refractivity contribution in [1.29, 1.82) is 0 Å². The van der Waals surface area contributed by atoms with E-state index in [1.807, 2.05) is 0 Å². The molecule has 0 N–H and O–H groups in total. The lowest BCUT2D eigenvalue weighted by Gasteiger charge is -2.11. The lowest BCUT2D eigenvalue weighted by molar-refractivity contribution is -0.137. The second-order valence-corrected chi connectivity index (χ2v) is 3.85. The smallest absolute Gasteiger partial charge is 0.302 e. The van der Waals surface area contributed by atoms with Gasteiger partial charge in [-0.15, -0.1) is 0 Å². The minimum absolute atomic E-state index is 0.141. The Hall–Kier alpha value is -1.43. The van der Waals surface area contributed by atoms with Crippen molar-refractivity contribution in [2.75, 3.05) is 20.6 Å². The van der Waals surface area contributed by atoms with Crippen LogP contribution in [0.3, 0.4) is 0 Å². The van der Waals surface area contributed by atoms with Gasteiger partial charge in [-0.1, -0.05) is 0 Å². The summed E-state index contributed by atoms with van der Waals surface area (Å²) in [5.41, 5.74) is -1.56. The van der Waals surface area contributed by atoms with Crippen LogP contribution in [0.25, 0.3) is 0 Å². The van der Waals surface area contributed by atoms with E-state index >= 15 is 0 Å². The number of likely N-dealkylation sites (N-methyl/N-ethyl adjacent to an activating group) is 1. The largest absolute Gasteiger partial charge is 0.416 e. The highest BCUT2D eigenvalue weighted by atomic mass is 19.4. The number of benzene rings is 1. The summed E-state index contributed by atoms with van der Waals surface area (Å²) in [5.74, 6) is -1.62. The molecule has 94 valence electrons. The van der Waals surface area contributed by atoms with E-state index in [9.17, 15) is 22.4 Å². The summed E-state index contributed by atoms with van der Waals surface area (Å²) < 4.78 is 50.4. The van der Waals surface area contributed by atoms with Gasteiger partial charge in [0.15, 0.2) is 5.78 Å². The summed E-state index contributed by atoms with van der Waals surface area (Å²) in [4.78, 5) is 13.0. The van der Waals surface area contributed by atoms with Gasteiger partial charge in [-0.05, 0) is 32.3 Å². The minimum atomic E-state index is -4.58. The Kier molecular flexibility index (Phi) is 3.87. The third-order valence-corrected chi connectivity index (χ3v) is 2.05. The maximum atomic E-state index is 13.3. The second-order valence-electron chi connectivity index (χ2n) is 3.85. The molecule has 0 radical (unpaired) electrons. The molecule has 1 aromatic carbocycles. The van der Waals surface area contributed by atoms with Crippen molar-refractivity contribution in [3.8, 4) is 0 Å². The van der Waals surface area contributed by atoms with Crippen LogP contribution in [-0.4, -0.2) is 31.3 Å². The maximum absolute atomic E-state index is 13.3. The molecule has 1 aromatic rings. The second kappa shape index (κ2) is 4.83. The number of carbonyl (C=O) groups excluding carboxylic acids is 1. The highest BCUT2D eigenvalue weighted by Crippen LogP contribution is 2.30. The van der Waals surface area contributed by atoms with Crippen LogP contribution in [0.15, 0.2) is 18.2 Å². The number of hydrogen-bond donors (Lipinski definition) is 0. The topological polar surface area (TPSA) is 20.3 Å². The quantitative estimate of drug-likeness (QED) is 0.606. The third kappa shape index (κ3) is 3.52. The molecular weight excluding hydrogens is 238 g/mol. The molecule has 0 amide bonds. The molecule has 0 saturated heterocycles. The van der Waals surface area contributed by atoms with Gasteiger partial charge in [0.1, 0.15) is 5.82 Å². The van der Waals surface area contributed by atoms with Gasteiger partial charge in [-0.2, -0.15) is 13.2 Å². The fourth-order valence-corrected chi connectivity index (χ4v) is 1.29. The molecule has 0 aliphatic rings. The summed E-state index contributed by atoms with van der Waals surface area (Å²) in [5, 5.41) is 0. The van der Waals surface area contributed by atoms with Crippen LogP contribution < -0.4 is 0 Å². The van der Waals surface area contributed by atoms with Crippen LogP contribution in [-0.2, 0) is 6.18 Å². The third-order valence-electron chi connectivity index (χ3n) is 2.05. The van der Waals surface area contributed by atoms with Crippen LogP contribution in [0.2, 0.25) is 0 Å². The van der Waals surface area contributed by atoms with E-state index in [4.69, 9.17) is 0 Å². The van der Waals surface area contributed by atoms with Gasteiger partial charge < -0.3 is 4.90 Å². The average Bonchev–Trinajstić information content (AvgIpc) is 2.15. The van der Waals surface area contributed by atoms with Crippen molar-refractivity contribution in [1.82, 2.24) is 4.90 Å². The molecule has 0 aliphatic heterocycles. The lowest BCUT2D eigenvalue weighted by atomic mass is 10.1. The van der Waals surface area contributed by atoms with E-state index < -0.39 is 28.9 Å². The number of carbonyl (C=O) groups is 1. The molecule has 0 spiro atoms. The van der Waals surface area contributed by atoms with Gasteiger partial charge >= 0.3 is 6.18 Å². The predicted octanol–water partition coefficient (Wildman–Crippen LogP) is 2.59. The molecule has 2 nitrogen and oxygen atoms in total. The number of halogens is 4. The Balaban J connectivity index is 3.11. The zero-order valence-corrected chi connectivity index (χ0v) is 9.31. The first kappa shape index (κ1) is 13.6. The molecule has 0 bridgehead atoms. The number of rotatable bonds is 3. The van der Waals surface area contributed by atoms with Crippen molar-refractivity contribution in [3.63, 3.8) is 0 Å². The summed E-state index contributed by atoms with van der Waals surface area (Å²) in [7, 11) is 3.15. The molecule has 0 saturated carbocycles. The molecule has 0 unspecified atom stereocenters. The zero-order chi connectivity index (χ0) is 13.2. The first-order valence-corrected chi connectivity index (χ1v) is 4.76. The van der Waals surface area contributed by atoms with Gasteiger partial charge in [0, 0.05) is 0 Å². The van der Waals surface area contributed by atoms with Gasteiger partial charge in [0.25, 0.3) is 0 Å². The van der Waals surface area contributed by atoms with Crippen molar-refractivity contribution in [3.05, 3.63) is 35.1 Å². The van der Waals surface area contributed by atoms with Crippen molar-refractivity contribution in [2.45, 2.75) is 6.18 Å². The number of Topliss-reactive ketones (excluding diaryl/α,β-unsaturated/α-hetero) is 1. The van der Waals surface area contributed by atoms with Crippen LogP contribution in [0.5, 0.6) is 0 Å². The van der Waals surface area contributed by atoms with Crippen LogP contribution in [0.1, 0.15) is 15.9 Å². The molecular formula is C11H11F4NO. The molecule has 0 fully saturated rings. The van der Waals surface area contributed by atoms with Gasteiger partial charge in [-0.3, -0.25) is 4.79 Å². The molecule has 0 aromatic heterocycles. The Bertz CT molecular complexity index is 426. The maximum Gasteiger partial charge on any atom is 0.416 e. The summed E-state index contributed by atoms with van der Waals surface area (Å²) in [6.07, 6.45) is -4.58. The molecule has 1 rings (SSSR count). The van der Waals surface area contributed by atoms with Crippen molar-refractivity contribution >= 4 is 5.78 Å². The number of hydrogen-bond acceptors (Lipinski definition) is 2. The fourth-order valence-electron chi connectivity index (χ4n) is 1.29. The highest BCUT2D eigenvalue weighted by Gasteiger charge is 2.31. The summed E-state index contributed by atoms with van der Waals surface area (Å²) >= 11 is 0. The number of ketones is 1. The number of nitrogens with zero attached hydrogens (tertiary/aromatic N) is 1. The zero-order valence-electron chi connectivity index (χ0n) is 9.31. The SMILES string of the molecule is CN(C)CC(=O)c1cc(C(F)(F)F)ccc1F. The van der Waals surface area contributed by atoms with E-state index in [2.05, 4.69) is 0 Å². The lowest BCUT2D eigenvalue weighted by Crippen LogP contribution is -2.23. The van der Waals surface area contributed by atoms with E-state index in [1.165, 1.54) is 4.90 Å². The summed E-state index contributed by atoms with van der Waals surface area (Å²) in [6, 6.07) is 1.81. The molecule has 17 heavy (non-hydrogen) atoms. The van der Waals surface area contributed by atoms with Crippen molar-refractivity contribution < 1.29 is 22.4 Å². The van der Waals surface area contributed by atoms with Gasteiger partial charge in [0.2, 0.25) is 0 Å². The van der Waals surface area contributed by atoms with Crippen LogP contribution >= 0.6 is 0 Å². The molecule has 6 heteroatoms. The number of alkyl halides is 3. The van der Waals surface area contributed by atoms with Crippen LogP contribution in [0, 0.1) is 5.82 Å². The Labute approximate surface area is 95.8 Å². The fraction of sp³-hybridized carbons (Fsp3) is 0.364. The van der Waals surface area contributed by atoms with Crippen molar-refractivity contribution in [2.24, 2.45) is 0 Å². The van der Waals surface area contributed by atoms with E-state index in [0.29, 0.717) is 18.2 Å². The standard InChI is InChI=1S/C11H11F4NO/c1-16(2)6-10(17)8-5-7(11(13,14)15)3-4-9(8)12/h3-5H,6H2,1-2H3. The molecule has 0 aliphatic carbocycles. The predicted molar refractivity (Wildman–Crippen MR) is 54.3 cm³/mol. The Morgan fingerprint density at radius 2 is 1.88 bits per heavy atom. The monoisotopic (exact) mass is 249 g/mol. The first-order valence-electron chi connectivity index (χ1n) is 4.76. The average molecular weight is 249 g/mol. The molecule has 0 atom stereocenters. The normalized spacial score (nSPS) is 11.9. The Morgan fingerprint density at radius 1 is 1.29 bits per heavy atom. The van der Waals surface area contributed by atoms with Gasteiger partial charge in [-0.25, -0.2) is 4.39 Å². The van der Waals surface area contributed by atoms with E-state index in [0.717, 1.165) is 0 Å². The summed E-state index contributed by atoms with van der Waals surface area (Å²) in [6.45, 7) is -0.141. The van der Waals surface area contributed by atoms with Crippen LogP contribution in [0.4, 0.5) is 17.6 Å². The molecule has 0 heterocycles. The minimum Gasteiger partial charge on any atom is -0.302 e. The van der Waals surface area contributed by atoms with Gasteiger partial charge in [0.05, 0.1) is 17.7 Å².